The fraction of sp³-hybridized carbons (Fsp3) is 0.192. The Morgan fingerprint density at radius 1 is 1.03 bits per heavy atom. The van der Waals surface area contributed by atoms with Crippen molar-refractivity contribution in [2.45, 2.75) is 26.6 Å². The second kappa shape index (κ2) is 10.5. The highest BCUT2D eigenvalue weighted by Gasteiger charge is 2.17. The molecule has 2 heterocycles. The van der Waals surface area contributed by atoms with Crippen LogP contribution in [-0.2, 0) is 19.6 Å². The van der Waals surface area contributed by atoms with Crippen molar-refractivity contribution < 1.29 is 9.53 Å². The van der Waals surface area contributed by atoms with Crippen molar-refractivity contribution in [1.29, 1.82) is 0 Å². The van der Waals surface area contributed by atoms with E-state index in [1.165, 1.54) is 0 Å². The molecule has 0 bridgehead atoms. The Kier molecular flexibility index (Phi) is 6.99. The summed E-state index contributed by atoms with van der Waals surface area (Å²) in [5.74, 6) is 0.732. The molecule has 0 aliphatic carbocycles. The third-order valence-corrected chi connectivity index (χ3v) is 5.23. The standard InChI is InChI=1S/C26H26N4O3/c1-2-33-23-10-11-24-21(14-23)13-22(25(31)29-24)18-30(17-20-9-6-12-27-15-20)26(32)28-16-19-7-4-3-5-8-19/h3-15H,2,16-18H2,1H3,(H,28,32)(H,29,31). The van der Waals surface area contributed by atoms with Gasteiger partial charge in [-0.05, 0) is 48.4 Å². The molecular weight excluding hydrogens is 416 g/mol. The van der Waals surface area contributed by atoms with Crippen molar-refractivity contribution >= 4 is 16.9 Å². The molecular formula is C26H26N4O3. The number of rotatable bonds is 8. The van der Waals surface area contributed by atoms with E-state index >= 15 is 0 Å². The number of nitrogens with zero attached hydrogens (tertiary/aromatic N) is 2. The Morgan fingerprint density at radius 2 is 1.85 bits per heavy atom. The highest BCUT2D eigenvalue weighted by molar-refractivity contribution is 5.81. The summed E-state index contributed by atoms with van der Waals surface area (Å²) in [6.07, 6.45) is 3.41. The summed E-state index contributed by atoms with van der Waals surface area (Å²) in [6.45, 7) is 3.36. The first-order valence-corrected chi connectivity index (χ1v) is 10.9. The minimum absolute atomic E-state index is 0.152. The van der Waals surface area contributed by atoms with Crippen molar-refractivity contribution in [3.05, 3.63) is 106 Å². The van der Waals surface area contributed by atoms with Crippen LogP contribution in [0.1, 0.15) is 23.6 Å². The van der Waals surface area contributed by atoms with Crippen molar-refractivity contribution in [3.63, 3.8) is 0 Å². The molecule has 0 spiro atoms. The highest BCUT2D eigenvalue weighted by atomic mass is 16.5. The lowest BCUT2D eigenvalue weighted by Gasteiger charge is -2.23. The van der Waals surface area contributed by atoms with Gasteiger partial charge in [-0.3, -0.25) is 9.78 Å². The van der Waals surface area contributed by atoms with Crippen LogP contribution in [0.4, 0.5) is 4.79 Å². The minimum atomic E-state index is -0.259. The van der Waals surface area contributed by atoms with Crippen LogP contribution in [0.25, 0.3) is 10.9 Å². The number of nitrogens with one attached hydrogen (secondary N) is 2. The predicted molar refractivity (Wildman–Crippen MR) is 128 cm³/mol. The van der Waals surface area contributed by atoms with Gasteiger partial charge in [0.05, 0.1) is 13.2 Å². The molecule has 2 aromatic carbocycles. The zero-order chi connectivity index (χ0) is 23.0. The van der Waals surface area contributed by atoms with Gasteiger partial charge in [0.1, 0.15) is 5.75 Å². The molecule has 0 saturated carbocycles. The molecule has 0 unspecified atom stereocenters. The average Bonchev–Trinajstić information content (AvgIpc) is 2.84. The third-order valence-electron chi connectivity index (χ3n) is 5.23. The van der Waals surface area contributed by atoms with E-state index in [4.69, 9.17) is 4.74 Å². The van der Waals surface area contributed by atoms with Gasteiger partial charge in [-0.25, -0.2) is 4.79 Å². The predicted octanol–water partition coefficient (Wildman–Crippen LogP) is 4.23. The van der Waals surface area contributed by atoms with Gasteiger partial charge in [-0.2, -0.15) is 0 Å². The van der Waals surface area contributed by atoms with Crippen LogP contribution < -0.4 is 15.6 Å². The number of benzene rings is 2. The van der Waals surface area contributed by atoms with Crippen molar-refractivity contribution in [2.24, 2.45) is 0 Å². The van der Waals surface area contributed by atoms with Gasteiger partial charge in [0.25, 0.3) is 5.56 Å². The number of carbonyl (C=O) groups excluding carboxylic acids is 1. The SMILES string of the molecule is CCOc1ccc2[nH]c(=O)c(CN(Cc3cccnc3)C(=O)NCc3ccccc3)cc2c1. The van der Waals surface area contributed by atoms with Gasteiger partial charge < -0.3 is 19.9 Å². The van der Waals surface area contributed by atoms with E-state index < -0.39 is 0 Å². The van der Waals surface area contributed by atoms with Crippen LogP contribution in [0, 0.1) is 0 Å². The minimum Gasteiger partial charge on any atom is -0.494 e. The van der Waals surface area contributed by atoms with E-state index in [0.29, 0.717) is 25.3 Å². The Labute approximate surface area is 192 Å². The summed E-state index contributed by atoms with van der Waals surface area (Å²) < 4.78 is 5.58. The van der Waals surface area contributed by atoms with Crippen molar-refractivity contribution in [3.8, 4) is 5.75 Å². The van der Waals surface area contributed by atoms with E-state index in [0.717, 1.165) is 27.8 Å². The van der Waals surface area contributed by atoms with Gasteiger partial charge in [0.2, 0.25) is 0 Å². The second-order valence-electron chi connectivity index (χ2n) is 7.67. The molecule has 7 nitrogen and oxygen atoms in total. The van der Waals surface area contributed by atoms with Crippen LogP contribution in [0.5, 0.6) is 5.75 Å². The van der Waals surface area contributed by atoms with Crippen LogP contribution >= 0.6 is 0 Å². The molecule has 168 valence electrons. The number of fused-ring (bicyclic) bond motifs is 1. The molecule has 7 heteroatoms. The number of pyridine rings is 2. The molecule has 4 rings (SSSR count). The fourth-order valence-corrected chi connectivity index (χ4v) is 3.61. The molecule has 4 aromatic rings. The van der Waals surface area contributed by atoms with Gasteiger partial charge in [-0.15, -0.1) is 0 Å². The molecule has 2 aromatic heterocycles. The van der Waals surface area contributed by atoms with E-state index in [9.17, 15) is 9.59 Å². The number of hydrogen-bond acceptors (Lipinski definition) is 4. The third kappa shape index (κ3) is 5.77. The Bertz CT molecular complexity index is 1270. The summed E-state index contributed by atoms with van der Waals surface area (Å²) in [4.78, 5) is 34.5. The van der Waals surface area contributed by atoms with E-state index in [-0.39, 0.29) is 18.1 Å². The lowest BCUT2D eigenvalue weighted by atomic mass is 10.1. The second-order valence-corrected chi connectivity index (χ2v) is 7.67. The first-order chi connectivity index (χ1) is 16.1. The molecule has 0 aliphatic heterocycles. The molecule has 0 atom stereocenters. The monoisotopic (exact) mass is 442 g/mol. The van der Waals surface area contributed by atoms with Gasteiger partial charge in [-0.1, -0.05) is 36.4 Å². The maximum absolute atomic E-state index is 13.1. The van der Waals surface area contributed by atoms with Crippen LogP contribution in [0.15, 0.2) is 83.9 Å². The fourth-order valence-electron chi connectivity index (χ4n) is 3.61. The Balaban J connectivity index is 1.59. The zero-order valence-electron chi connectivity index (χ0n) is 18.5. The molecule has 0 aliphatic rings. The first-order valence-electron chi connectivity index (χ1n) is 10.9. The highest BCUT2D eigenvalue weighted by Crippen LogP contribution is 2.20. The Hall–Kier alpha value is -4.13. The number of carbonyl (C=O) groups is 1. The molecule has 2 amide bonds. The van der Waals surface area contributed by atoms with Crippen LogP contribution in [0.2, 0.25) is 0 Å². The van der Waals surface area contributed by atoms with Gasteiger partial charge in [0, 0.05) is 41.9 Å². The number of aromatic nitrogens is 2. The van der Waals surface area contributed by atoms with E-state index in [1.807, 2.05) is 73.7 Å². The molecule has 0 radical (unpaired) electrons. The first kappa shape index (κ1) is 22.1. The number of urea groups is 1. The summed E-state index contributed by atoms with van der Waals surface area (Å²) in [6, 6.07) is 20.5. The summed E-state index contributed by atoms with van der Waals surface area (Å²) in [7, 11) is 0. The maximum atomic E-state index is 13.1. The summed E-state index contributed by atoms with van der Waals surface area (Å²) >= 11 is 0. The lowest BCUT2D eigenvalue weighted by Crippen LogP contribution is -2.39. The quantitative estimate of drug-likeness (QED) is 0.427. The average molecular weight is 443 g/mol. The zero-order valence-corrected chi connectivity index (χ0v) is 18.5. The summed E-state index contributed by atoms with van der Waals surface area (Å²) in [5, 5.41) is 3.81. The van der Waals surface area contributed by atoms with Crippen molar-refractivity contribution in [1.82, 2.24) is 20.2 Å². The number of hydrogen-bond donors (Lipinski definition) is 2. The largest absolute Gasteiger partial charge is 0.494 e. The number of ether oxygens (including phenoxy) is 1. The maximum Gasteiger partial charge on any atom is 0.318 e. The lowest BCUT2D eigenvalue weighted by molar-refractivity contribution is 0.191. The van der Waals surface area contributed by atoms with Gasteiger partial charge in [0.15, 0.2) is 0 Å². The number of aromatic amines is 1. The Morgan fingerprint density at radius 3 is 2.61 bits per heavy atom. The molecule has 0 saturated heterocycles. The normalized spacial score (nSPS) is 10.7. The molecule has 0 fully saturated rings. The summed E-state index contributed by atoms with van der Waals surface area (Å²) in [5.41, 5.74) is 2.87. The molecule has 2 N–H and O–H groups in total. The smallest absolute Gasteiger partial charge is 0.318 e. The number of H-pyrrole nitrogens is 1. The van der Waals surface area contributed by atoms with E-state index in [1.54, 1.807) is 17.3 Å². The van der Waals surface area contributed by atoms with Crippen molar-refractivity contribution in [2.75, 3.05) is 6.61 Å². The van der Waals surface area contributed by atoms with E-state index in [2.05, 4.69) is 15.3 Å². The van der Waals surface area contributed by atoms with Crippen LogP contribution in [-0.4, -0.2) is 27.5 Å². The topological polar surface area (TPSA) is 87.3 Å². The molecule has 33 heavy (non-hydrogen) atoms. The number of amides is 2. The van der Waals surface area contributed by atoms with Gasteiger partial charge >= 0.3 is 6.03 Å². The van der Waals surface area contributed by atoms with Crippen LogP contribution in [0.3, 0.4) is 0 Å².